The molecule has 3 aromatic carbocycles. The Hall–Kier alpha value is -3.96. The molecule has 0 amide bonds. The number of nitro benzene ring substituents is 1. The van der Waals surface area contributed by atoms with Crippen LogP contribution in [0.4, 0.5) is 17.1 Å². The number of carbonyl (C=O) groups excluding carboxylic acids is 1. The molecule has 36 heavy (non-hydrogen) atoms. The number of aryl methyl sites for hydroxylation is 1. The summed E-state index contributed by atoms with van der Waals surface area (Å²) < 4.78 is 41.5. The van der Waals surface area contributed by atoms with Crippen molar-refractivity contribution in [3.8, 4) is 17.2 Å². The van der Waals surface area contributed by atoms with Gasteiger partial charge in [-0.3, -0.25) is 18.6 Å². The van der Waals surface area contributed by atoms with E-state index in [2.05, 4.69) is 0 Å². The first kappa shape index (κ1) is 26.6. The van der Waals surface area contributed by atoms with E-state index in [9.17, 15) is 23.7 Å². The van der Waals surface area contributed by atoms with Gasteiger partial charge in [0, 0.05) is 12.1 Å². The molecule has 0 saturated carbocycles. The molecule has 190 valence electrons. The maximum absolute atomic E-state index is 12.6. The highest BCUT2D eigenvalue weighted by atomic mass is 32.2. The molecular formula is C25H25N2O8S-. The first-order valence-electron chi connectivity index (χ1n) is 10.9. The molecule has 11 heteroatoms. The molecule has 0 radical (unpaired) electrons. The first-order valence-corrected chi connectivity index (χ1v) is 11.9. The number of benzene rings is 3. The summed E-state index contributed by atoms with van der Waals surface area (Å²) in [6.07, 6.45) is 0. The van der Waals surface area contributed by atoms with Crippen molar-refractivity contribution in [3.05, 3.63) is 81.9 Å². The van der Waals surface area contributed by atoms with Crippen LogP contribution in [-0.4, -0.2) is 33.4 Å². The molecule has 0 aromatic heterocycles. The Morgan fingerprint density at radius 3 is 2.28 bits per heavy atom. The fourth-order valence-corrected chi connectivity index (χ4v) is 3.85. The monoisotopic (exact) mass is 513 g/mol. The Morgan fingerprint density at radius 2 is 1.69 bits per heavy atom. The highest BCUT2D eigenvalue weighted by Gasteiger charge is 2.22. The number of methoxy groups -OCH3 is 1. The highest BCUT2D eigenvalue weighted by Crippen LogP contribution is 2.37. The van der Waals surface area contributed by atoms with E-state index in [0.717, 1.165) is 9.87 Å². The molecular weight excluding hydrogens is 488 g/mol. The van der Waals surface area contributed by atoms with Gasteiger partial charge in [0.25, 0.3) is 0 Å². The molecule has 0 aliphatic rings. The predicted octanol–water partition coefficient (Wildman–Crippen LogP) is 5.45. The number of esters is 1. The van der Waals surface area contributed by atoms with Crippen LogP contribution in [-0.2, 0) is 16.0 Å². The van der Waals surface area contributed by atoms with Crippen molar-refractivity contribution < 1.29 is 32.7 Å². The fourth-order valence-electron chi connectivity index (χ4n) is 3.23. The molecule has 0 saturated heterocycles. The van der Waals surface area contributed by atoms with Crippen molar-refractivity contribution >= 4 is 34.3 Å². The van der Waals surface area contributed by atoms with Crippen LogP contribution < -0.4 is 13.8 Å². The Balaban J connectivity index is 2.00. The zero-order chi connectivity index (χ0) is 26.4. The molecule has 0 aliphatic carbocycles. The number of nitrogens with zero attached hydrogens (tertiary/aromatic N) is 2. The summed E-state index contributed by atoms with van der Waals surface area (Å²) in [6.45, 7) is 5.96. The second kappa shape index (κ2) is 11.6. The van der Waals surface area contributed by atoms with E-state index in [1.807, 2.05) is 20.8 Å². The first-order chi connectivity index (χ1) is 17.1. The normalized spacial score (nSPS) is 11.6. The van der Waals surface area contributed by atoms with Crippen LogP contribution in [0.15, 0.2) is 60.7 Å². The number of hydrogen-bond donors (Lipinski definition) is 0. The number of ether oxygens (including phenoxy) is 3. The van der Waals surface area contributed by atoms with E-state index in [1.165, 1.54) is 43.5 Å². The quantitative estimate of drug-likeness (QED) is 0.151. The molecule has 0 heterocycles. The van der Waals surface area contributed by atoms with Crippen molar-refractivity contribution in [3.63, 3.8) is 0 Å². The van der Waals surface area contributed by atoms with Crippen LogP contribution in [0.3, 0.4) is 0 Å². The van der Waals surface area contributed by atoms with Crippen LogP contribution in [0.5, 0.6) is 17.2 Å². The summed E-state index contributed by atoms with van der Waals surface area (Å²) in [7, 11) is 1.18. The van der Waals surface area contributed by atoms with Gasteiger partial charge in [0.05, 0.1) is 46.8 Å². The number of anilines is 2. The maximum Gasteiger partial charge on any atom is 0.340 e. The lowest BCUT2D eigenvalue weighted by molar-refractivity contribution is -0.385. The Labute approximate surface area is 211 Å². The molecule has 1 atom stereocenters. The largest absolute Gasteiger partial charge is 0.755 e. The zero-order valence-electron chi connectivity index (χ0n) is 20.1. The Morgan fingerprint density at radius 1 is 1.06 bits per heavy atom. The van der Waals surface area contributed by atoms with Gasteiger partial charge in [-0.2, -0.15) is 0 Å². The minimum Gasteiger partial charge on any atom is -0.755 e. The average molecular weight is 514 g/mol. The number of rotatable bonds is 10. The molecule has 3 aromatic rings. The van der Waals surface area contributed by atoms with E-state index in [-0.39, 0.29) is 46.7 Å². The van der Waals surface area contributed by atoms with Gasteiger partial charge < -0.3 is 18.8 Å². The van der Waals surface area contributed by atoms with E-state index >= 15 is 0 Å². The van der Waals surface area contributed by atoms with E-state index in [4.69, 9.17) is 14.2 Å². The Kier molecular flexibility index (Phi) is 8.62. The van der Waals surface area contributed by atoms with E-state index < -0.39 is 22.2 Å². The average Bonchev–Trinajstić information content (AvgIpc) is 2.84. The van der Waals surface area contributed by atoms with Crippen molar-refractivity contribution in [2.45, 2.75) is 20.8 Å². The van der Waals surface area contributed by atoms with Gasteiger partial charge in [-0.05, 0) is 49.2 Å². The van der Waals surface area contributed by atoms with Crippen LogP contribution in [0.25, 0.3) is 0 Å². The number of nitro groups is 1. The summed E-state index contributed by atoms with van der Waals surface area (Å²) in [5, 5.41) is 11.4. The zero-order valence-corrected chi connectivity index (χ0v) is 20.9. The van der Waals surface area contributed by atoms with Crippen molar-refractivity contribution in [1.82, 2.24) is 0 Å². The van der Waals surface area contributed by atoms with Gasteiger partial charge in [0.2, 0.25) is 5.75 Å². The van der Waals surface area contributed by atoms with Crippen LogP contribution in [0.1, 0.15) is 29.8 Å². The lowest BCUT2D eigenvalue weighted by atomic mass is 10.1. The predicted molar refractivity (Wildman–Crippen MR) is 134 cm³/mol. The second-order valence-electron chi connectivity index (χ2n) is 8.21. The molecule has 3 rings (SSSR count). The maximum atomic E-state index is 12.6. The van der Waals surface area contributed by atoms with Gasteiger partial charge in [-0.15, -0.1) is 0 Å². The van der Waals surface area contributed by atoms with Crippen LogP contribution in [0.2, 0.25) is 0 Å². The van der Waals surface area contributed by atoms with Gasteiger partial charge in [-0.1, -0.05) is 31.5 Å². The van der Waals surface area contributed by atoms with Crippen LogP contribution in [0, 0.1) is 23.0 Å². The molecule has 0 spiro atoms. The summed E-state index contributed by atoms with van der Waals surface area (Å²) in [5.74, 6) is -0.174. The second-order valence-corrected chi connectivity index (χ2v) is 9.01. The summed E-state index contributed by atoms with van der Waals surface area (Å²) in [6, 6.07) is 15.0. The van der Waals surface area contributed by atoms with Crippen molar-refractivity contribution in [2.24, 2.45) is 5.92 Å². The topological polar surface area (TPSA) is 131 Å². The Bertz CT molecular complexity index is 1280. The van der Waals surface area contributed by atoms with E-state index in [1.54, 1.807) is 24.3 Å². The molecule has 1 unspecified atom stereocenters. The minimum atomic E-state index is -2.75. The molecule has 0 N–H and O–H groups in total. The lowest BCUT2D eigenvalue weighted by Gasteiger charge is -2.28. The third-order valence-electron chi connectivity index (χ3n) is 4.95. The number of hydrogen-bond acceptors (Lipinski definition) is 8. The third-order valence-corrected chi connectivity index (χ3v) is 5.65. The SMILES string of the molecule is COC(=O)c1cc(Oc2ccc([N+](=O)[O-])c(OCC(C)C)c2)ccc1N(c1ccc(C)cc1)S(=O)[O-]. The summed E-state index contributed by atoms with van der Waals surface area (Å²) >= 11 is -2.75. The van der Waals surface area contributed by atoms with Gasteiger partial charge in [0.1, 0.15) is 11.5 Å². The molecule has 10 nitrogen and oxygen atoms in total. The van der Waals surface area contributed by atoms with Gasteiger partial charge in [0.15, 0.2) is 0 Å². The van der Waals surface area contributed by atoms with Gasteiger partial charge in [-0.25, -0.2) is 4.79 Å². The lowest BCUT2D eigenvalue weighted by Crippen LogP contribution is -2.22. The van der Waals surface area contributed by atoms with Gasteiger partial charge >= 0.3 is 11.7 Å². The van der Waals surface area contributed by atoms with Crippen LogP contribution >= 0.6 is 0 Å². The smallest absolute Gasteiger partial charge is 0.340 e. The van der Waals surface area contributed by atoms with E-state index in [0.29, 0.717) is 5.69 Å². The fraction of sp³-hybridized carbons (Fsp3) is 0.240. The van der Waals surface area contributed by atoms with Crippen molar-refractivity contribution in [1.29, 1.82) is 0 Å². The molecule has 0 aliphatic heterocycles. The summed E-state index contributed by atoms with van der Waals surface area (Å²) in [5.41, 5.74) is 1.07. The molecule has 0 fully saturated rings. The standard InChI is InChI=1S/C25H26N2O8S/c1-16(2)15-34-24-14-20(10-12-23(24)27(29)30)35-19-9-11-22(21(13-19)25(28)33-4)26(36(31)32)18-7-5-17(3)6-8-18/h5-14,16H,15H2,1-4H3,(H,31,32)/p-1. The molecule has 0 bridgehead atoms. The number of carbonyl (C=O) groups is 1. The third kappa shape index (κ3) is 6.37. The summed E-state index contributed by atoms with van der Waals surface area (Å²) in [4.78, 5) is 23.4. The van der Waals surface area contributed by atoms with Crippen molar-refractivity contribution in [2.75, 3.05) is 18.0 Å². The minimum absolute atomic E-state index is 0.0447. The highest BCUT2D eigenvalue weighted by molar-refractivity contribution is 7.81.